The molecule has 1 aromatic heterocycles. The van der Waals surface area contributed by atoms with Crippen molar-refractivity contribution in [3.05, 3.63) is 48.0 Å². The van der Waals surface area contributed by atoms with Crippen LogP contribution in [0.2, 0.25) is 0 Å². The second kappa shape index (κ2) is 3.96. The third-order valence-electron chi connectivity index (χ3n) is 2.15. The van der Waals surface area contributed by atoms with Gasteiger partial charge in [-0.3, -0.25) is 0 Å². The number of nitrogens with one attached hydrogen (secondary N) is 2. The summed E-state index contributed by atoms with van der Waals surface area (Å²) in [6.45, 7) is 2.82. The van der Waals surface area contributed by atoms with E-state index in [4.69, 9.17) is 0 Å². The van der Waals surface area contributed by atoms with Crippen LogP contribution in [0.15, 0.2) is 36.7 Å². The van der Waals surface area contributed by atoms with Gasteiger partial charge in [0.15, 0.2) is 0 Å². The minimum atomic E-state index is 0.734. The van der Waals surface area contributed by atoms with Crippen LogP contribution in [0.4, 0.5) is 5.69 Å². The highest BCUT2D eigenvalue weighted by molar-refractivity contribution is 5.50. The highest BCUT2D eigenvalue weighted by atomic mass is 15.0. The Hall–Kier alpha value is -1.77. The van der Waals surface area contributed by atoms with E-state index < -0.39 is 0 Å². The Morgan fingerprint density at radius 3 is 2.93 bits per heavy atom. The number of imidazole rings is 1. The minimum Gasteiger partial charge on any atom is -0.378 e. The van der Waals surface area contributed by atoms with Crippen LogP contribution in [-0.4, -0.2) is 9.97 Å². The molecule has 1 heterocycles. The fourth-order valence-electron chi connectivity index (χ4n) is 1.34. The van der Waals surface area contributed by atoms with Gasteiger partial charge in [-0.2, -0.15) is 0 Å². The Morgan fingerprint density at radius 2 is 2.21 bits per heavy atom. The molecule has 14 heavy (non-hydrogen) atoms. The van der Waals surface area contributed by atoms with Gasteiger partial charge in [0, 0.05) is 18.1 Å². The van der Waals surface area contributed by atoms with Gasteiger partial charge < -0.3 is 10.3 Å². The fraction of sp³-hybridized carbons (Fsp3) is 0.182. The number of H-pyrrole nitrogens is 1. The average molecular weight is 187 g/mol. The molecule has 0 aliphatic rings. The van der Waals surface area contributed by atoms with Gasteiger partial charge in [-0.15, -0.1) is 0 Å². The predicted molar refractivity (Wildman–Crippen MR) is 57.1 cm³/mol. The van der Waals surface area contributed by atoms with E-state index in [0.29, 0.717) is 0 Å². The van der Waals surface area contributed by atoms with Gasteiger partial charge in [-0.25, -0.2) is 4.98 Å². The summed E-state index contributed by atoms with van der Waals surface area (Å²) < 4.78 is 0. The Kier molecular flexibility index (Phi) is 2.49. The molecule has 3 nitrogen and oxygen atoms in total. The number of nitrogens with zero attached hydrogens (tertiary/aromatic N) is 1. The van der Waals surface area contributed by atoms with E-state index in [1.165, 1.54) is 5.56 Å². The lowest BCUT2D eigenvalue weighted by Gasteiger charge is -2.06. The van der Waals surface area contributed by atoms with Crippen molar-refractivity contribution in [2.45, 2.75) is 13.5 Å². The molecule has 0 aliphatic heterocycles. The summed E-state index contributed by atoms with van der Waals surface area (Å²) >= 11 is 0. The summed E-state index contributed by atoms with van der Waals surface area (Å²) in [5.74, 6) is 0.952. The van der Waals surface area contributed by atoms with Gasteiger partial charge in [-0.1, -0.05) is 18.2 Å². The number of hydrogen-bond acceptors (Lipinski definition) is 2. The molecule has 72 valence electrons. The first-order valence-corrected chi connectivity index (χ1v) is 4.64. The zero-order chi connectivity index (χ0) is 9.80. The topological polar surface area (TPSA) is 40.7 Å². The van der Waals surface area contributed by atoms with Gasteiger partial charge in [-0.05, 0) is 18.6 Å². The maximum absolute atomic E-state index is 4.14. The third kappa shape index (κ3) is 1.93. The Labute approximate surface area is 83.2 Å². The molecular weight excluding hydrogens is 174 g/mol. The minimum absolute atomic E-state index is 0.734. The summed E-state index contributed by atoms with van der Waals surface area (Å²) in [5, 5.41) is 3.32. The van der Waals surface area contributed by atoms with Crippen LogP contribution >= 0.6 is 0 Å². The van der Waals surface area contributed by atoms with Crippen molar-refractivity contribution in [1.29, 1.82) is 0 Å². The Bertz CT molecular complexity index is 393. The summed E-state index contributed by atoms with van der Waals surface area (Å²) in [6.07, 6.45) is 3.59. The molecule has 0 aliphatic carbocycles. The van der Waals surface area contributed by atoms with Crippen LogP contribution in [0.1, 0.15) is 11.4 Å². The highest BCUT2D eigenvalue weighted by Crippen LogP contribution is 2.13. The van der Waals surface area contributed by atoms with Crippen LogP contribution in [0.3, 0.4) is 0 Å². The van der Waals surface area contributed by atoms with Crippen molar-refractivity contribution in [3.63, 3.8) is 0 Å². The molecular formula is C11H13N3. The summed E-state index contributed by atoms with van der Waals surface area (Å²) in [4.78, 5) is 7.20. The van der Waals surface area contributed by atoms with E-state index in [1.54, 1.807) is 6.20 Å². The second-order valence-corrected chi connectivity index (χ2v) is 3.20. The standard InChI is InChI=1S/C11H13N3/c1-9-4-2-3-5-10(9)14-8-11-12-6-7-13-11/h2-7,14H,8H2,1H3,(H,12,13). The lowest BCUT2D eigenvalue weighted by molar-refractivity contribution is 0.997. The largest absolute Gasteiger partial charge is 0.378 e. The molecule has 0 saturated heterocycles. The zero-order valence-corrected chi connectivity index (χ0v) is 8.12. The second-order valence-electron chi connectivity index (χ2n) is 3.20. The van der Waals surface area contributed by atoms with E-state index in [9.17, 15) is 0 Å². The smallest absolute Gasteiger partial charge is 0.125 e. The van der Waals surface area contributed by atoms with Gasteiger partial charge in [0.2, 0.25) is 0 Å². The van der Waals surface area contributed by atoms with Gasteiger partial charge in [0.25, 0.3) is 0 Å². The molecule has 1 aromatic carbocycles. The molecule has 0 atom stereocenters. The van der Waals surface area contributed by atoms with Gasteiger partial charge >= 0.3 is 0 Å². The van der Waals surface area contributed by atoms with E-state index in [2.05, 4.69) is 34.3 Å². The number of para-hydroxylation sites is 1. The lowest BCUT2D eigenvalue weighted by atomic mass is 10.2. The Balaban J connectivity index is 2.02. The molecule has 3 heteroatoms. The fourth-order valence-corrected chi connectivity index (χ4v) is 1.34. The number of anilines is 1. The highest BCUT2D eigenvalue weighted by Gasteiger charge is 1.97. The van der Waals surface area contributed by atoms with Crippen LogP contribution < -0.4 is 5.32 Å². The maximum atomic E-state index is 4.14. The molecule has 2 N–H and O–H groups in total. The van der Waals surface area contributed by atoms with Crippen molar-refractivity contribution in [2.24, 2.45) is 0 Å². The summed E-state index contributed by atoms with van der Waals surface area (Å²) in [6, 6.07) is 8.22. The normalized spacial score (nSPS) is 10.1. The molecule has 2 aromatic rings. The van der Waals surface area contributed by atoms with Crippen LogP contribution in [0.5, 0.6) is 0 Å². The zero-order valence-electron chi connectivity index (χ0n) is 8.12. The van der Waals surface area contributed by atoms with Crippen molar-refractivity contribution in [1.82, 2.24) is 9.97 Å². The number of aromatic nitrogens is 2. The van der Waals surface area contributed by atoms with E-state index in [0.717, 1.165) is 18.1 Å². The molecule has 0 bridgehead atoms. The van der Waals surface area contributed by atoms with Crippen molar-refractivity contribution >= 4 is 5.69 Å². The third-order valence-corrected chi connectivity index (χ3v) is 2.15. The number of hydrogen-bond donors (Lipinski definition) is 2. The Morgan fingerprint density at radius 1 is 1.36 bits per heavy atom. The summed E-state index contributed by atoms with van der Waals surface area (Å²) in [5.41, 5.74) is 2.41. The van der Waals surface area contributed by atoms with E-state index in [1.807, 2.05) is 18.3 Å². The molecule has 0 spiro atoms. The van der Waals surface area contributed by atoms with Crippen LogP contribution in [-0.2, 0) is 6.54 Å². The van der Waals surface area contributed by atoms with Crippen molar-refractivity contribution < 1.29 is 0 Å². The summed E-state index contributed by atoms with van der Waals surface area (Å²) in [7, 11) is 0. The maximum Gasteiger partial charge on any atom is 0.125 e. The first-order chi connectivity index (χ1) is 6.86. The molecule has 0 amide bonds. The first-order valence-electron chi connectivity index (χ1n) is 4.64. The van der Waals surface area contributed by atoms with Crippen LogP contribution in [0, 0.1) is 6.92 Å². The van der Waals surface area contributed by atoms with Crippen molar-refractivity contribution in [3.8, 4) is 0 Å². The molecule has 0 saturated carbocycles. The molecule has 0 unspecified atom stereocenters. The number of benzene rings is 1. The first kappa shape index (κ1) is 8.81. The van der Waals surface area contributed by atoms with Gasteiger partial charge in [0.05, 0.1) is 6.54 Å². The predicted octanol–water partition coefficient (Wildman–Crippen LogP) is 2.33. The lowest BCUT2D eigenvalue weighted by Crippen LogP contribution is -2.02. The quantitative estimate of drug-likeness (QED) is 0.774. The SMILES string of the molecule is Cc1ccccc1NCc1ncc[nH]1. The van der Waals surface area contributed by atoms with Crippen LogP contribution in [0.25, 0.3) is 0 Å². The van der Waals surface area contributed by atoms with Crippen molar-refractivity contribution in [2.75, 3.05) is 5.32 Å². The molecule has 0 fully saturated rings. The monoisotopic (exact) mass is 187 g/mol. The number of aromatic amines is 1. The van der Waals surface area contributed by atoms with Gasteiger partial charge in [0.1, 0.15) is 5.82 Å². The van der Waals surface area contributed by atoms with E-state index in [-0.39, 0.29) is 0 Å². The number of aryl methyl sites for hydroxylation is 1. The molecule has 2 rings (SSSR count). The average Bonchev–Trinajstić information content (AvgIpc) is 2.69. The number of rotatable bonds is 3. The van der Waals surface area contributed by atoms with E-state index >= 15 is 0 Å². The molecule has 0 radical (unpaired) electrons.